The van der Waals surface area contributed by atoms with E-state index in [-0.39, 0.29) is 0 Å². The topological polar surface area (TPSA) is 26.0 Å². The van der Waals surface area contributed by atoms with Crippen molar-refractivity contribution < 1.29 is 4.52 Å². The van der Waals surface area contributed by atoms with Gasteiger partial charge in [0.1, 0.15) is 0 Å². The minimum absolute atomic E-state index is 0.619. The van der Waals surface area contributed by atoms with Crippen LogP contribution in [0.5, 0.6) is 0 Å². The number of hydrogen-bond acceptors (Lipinski definition) is 3. The van der Waals surface area contributed by atoms with Gasteiger partial charge in [0.2, 0.25) is 0 Å². The monoisotopic (exact) mass is 231 g/mol. The van der Waals surface area contributed by atoms with E-state index in [0.717, 1.165) is 17.0 Å². The molecule has 0 unspecified atom stereocenters. The van der Waals surface area contributed by atoms with Crippen LogP contribution in [0.3, 0.4) is 0 Å². The van der Waals surface area contributed by atoms with Crippen LogP contribution in [0.25, 0.3) is 11.3 Å². The van der Waals surface area contributed by atoms with Gasteiger partial charge in [-0.2, -0.15) is 12.6 Å². The largest absolute Gasteiger partial charge is 0.356 e. The van der Waals surface area contributed by atoms with Crippen molar-refractivity contribution in [2.75, 3.05) is 0 Å². The Labute approximate surface area is 100 Å². The molecule has 0 radical (unpaired) electrons. The summed E-state index contributed by atoms with van der Waals surface area (Å²) < 4.78 is 5.30. The first-order chi connectivity index (χ1) is 7.86. The first-order valence-corrected chi connectivity index (χ1v) is 6.19. The van der Waals surface area contributed by atoms with Crippen molar-refractivity contribution in [1.82, 2.24) is 5.16 Å². The number of aromatic nitrogens is 1. The van der Waals surface area contributed by atoms with Crippen LogP contribution >= 0.6 is 12.6 Å². The Balaban J connectivity index is 2.00. The quantitative estimate of drug-likeness (QED) is 0.803. The van der Waals surface area contributed by atoms with Gasteiger partial charge in [-0.3, -0.25) is 0 Å². The van der Waals surface area contributed by atoms with Gasteiger partial charge in [0.05, 0.1) is 5.69 Å². The van der Waals surface area contributed by atoms with Gasteiger partial charge in [-0.15, -0.1) is 0 Å². The standard InChI is InChI=1S/C13H13NOS/c16-8-12-7-13(15-14-12)11-5-4-9-2-1-3-10(9)6-11/h4-7,16H,1-3,8H2. The minimum atomic E-state index is 0.619. The van der Waals surface area contributed by atoms with Crippen molar-refractivity contribution in [3.8, 4) is 11.3 Å². The molecule has 1 aliphatic carbocycles. The van der Waals surface area contributed by atoms with Crippen LogP contribution < -0.4 is 0 Å². The number of aryl methyl sites for hydroxylation is 2. The third-order valence-electron chi connectivity index (χ3n) is 3.10. The zero-order valence-corrected chi connectivity index (χ0v) is 9.83. The second-order valence-electron chi connectivity index (χ2n) is 4.18. The number of thiol groups is 1. The van der Waals surface area contributed by atoms with Crippen LogP contribution in [-0.4, -0.2) is 5.16 Å². The smallest absolute Gasteiger partial charge is 0.167 e. The van der Waals surface area contributed by atoms with E-state index in [1.807, 2.05) is 6.07 Å². The third-order valence-corrected chi connectivity index (χ3v) is 3.43. The lowest BCUT2D eigenvalue weighted by atomic mass is 10.0. The van der Waals surface area contributed by atoms with Crippen molar-refractivity contribution in [3.05, 3.63) is 41.1 Å². The molecule has 0 spiro atoms. The molecule has 82 valence electrons. The van der Waals surface area contributed by atoms with Crippen molar-refractivity contribution in [2.45, 2.75) is 25.0 Å². The molecular weight excluding hydrogens is 218 g/mol. The van der Waals surface area contributed by atoms with E-state index in [4.69, 9.17) is 4.52 Å². The third kappa shape index (κ3) is 1.65. The molecule has 3 rings (SSSR count). The second kappa shape index (κ2) is 3.98. The summed E-state index contributed by atoms with van der Waals surface area (Å²) in [5, 5.41) is 3.95. The second-order valence-corrected chi connectivity index (χ2v) is 4.49. The number of fused-ring (bicyclic) bond motifs is 1. The van der Waals surface area contributed by atoms with Gasteiger partial charge in [0.15, 0.2) is 5.76 Å². The molecule has 16 heavy (non-hydrogen) atoms. The summed E-state index contributed by atoms with van der Waals surface area (Å²) in [5.74, 6) is 1.47. The average molecular weight is 231 g/mol. The van der Waals surface area contributed by atoms with E-state index >= 15 is 0 Å². The zero-order valence-electron chi connectivity index (χ0n) is 8.94. The Morgan fingerprint density at radius 3 is 2.88 bits per heavy atom. The SMILES string of the molecule is SCc1cc(-c2ccc3c(c2)CCC3)on1. The highest BCUT2D eigenvalue weighted by atomic mass is 32.1. The molecule has 1 heterocycles. The Morgan fingerprint density at radius 2 is 2.06 bits per heavy atom. The number of benzene rings is 1. The highest BCUT2D eigenvalue weighted by Crippen LogP contribution is 2.28. The van der Waals surface area contributed by atoms with E-state index in [0.29, 0.717) is 5.75 Å². The van der Waals surface area contributed by atoms with E-state index in [1.54, 1.807) is 0 Å². The number of nitrogens with zero attached hydrogens (tertiary/aromatic N) is 1. The van der Waals surface area contributed by atoms with Crippen molar-refractivity contribution in [1.29, 1.82) is 0 Å². The molecule has 0 N–H and O–H groups in total. The molecule has 0 fully saturated rings. The molecule has 0 bridgehead atoms. The molecular formula is C13H13NOS. The Bertz CT molecular complexity index is 518. The first-order valence-electron chi connectivity index (χ1n) is 5.55. The van der Waals surface area contributed by atoms with Crippen LogP contribution in [0, 0.1) is 0 Å². The van der Waals surface area contributed by atoms with E-state index < -0.39 is 0 Å². The van der Waals surface area contributed by atoms with Crippen LogP contribution in [-0.2, 0) is 18.6 Å². The van der Waals surface area contributed by atoms with Gasteiger partial charge in [-0.25, -0.2) is 0 Å². The molecule has 1 aliphatic rings. The normalized spacial score (nSPS) is 14.1. The average Bonchev–Trinajstić information content (AvgIpc) is 2.96. The maximum atomic E-state index is 5.30. The summed E-state index contributed by atoms with van der Waals surface area (Å²) in [4.78, 5) is 0. The summed E-state index contributed by atoms with van der Waals surface area (Å²) in [6, 6.07) is 8.52. The van der Waals surface area contributed by atoms with Gasteiger partial charge >= 0.3 is 0 Å². The number of hydrogen-bond donors (Lipinski definition) is 1. The molecule has 0 atom stereocenters. The Hall–Kier alpha value is -1.22. The van der Waals surface area contributed by atoms with Gasteiger partial charge in [-0.1, -0.05) is 17.3 Å². The molecule has 1 aromatic heterocycles. The summed E-state index contributed by atoms with van der Waals surface area (Å²) >= 11 is 4.18. The predicted molar refractivity (Wildman–Crippen MR) is 66.7 cm³/mol. The molecule has 2 nitrogen and oxygen atoms in total. The summed E-state index contributed by atoms with van der Waals surface area (Å²) in [6.45, 7) is 0. The van der Waals surface area contributed by atoms with Crippen LogP contribution in [0.4, 0.5) is 0 Å². The zero-order chi connectivity index (χ0) is 11.0. The van der Waals surface area contributed by atoms with Gasteiger partial charge in [0.25, 0.3) is 0 Å². The van der Waals surface area contributed by atoms with Crippen molar-refractivity contribution >= 4 is 12.6 Å². The predicted octanol–water partition coefficient (Wildman–Crippen LogP) is 3.26. The molecule has 0 saturated carbocycles. The van der Waals surface area contributed by atoms with E-state index in [2.05, 4.69) is 36.0 Å². The fraction of sp³-hybridized carbons (Fsp3) is 0.308. The van der Waals surface area contributed by atoms with E-state index in [9.17, 15) is 0 Å². The van der Waals surface area contributed by atoms with Gasteiger partial charge in [0, 0.05) is 17.4 Å². The molecule has 2 aromatic rings. The maximum absolute atomic E-state index is 5.30. The molecule has 0 amide bonds. The van der Waals surface area contributed by atoms with Crippen LogP contribution in [0.2, 0.25) is 0 Å². The molecule has 3 heteroatoms. The summed E-state index contributed by atoms with van der Waals surface area (Å²) in [5.41, 5.74) is 4.96. The Kier molecular flexibility index (Phi) is 2.48. The minimum Gasteiger partial charge on any atom is -0.356 e. The highest BCUT2D eigenvalue weighted by Gasteiger charge is 2.13. The summed E-state index contributed by atoms with van der Waals surface area (Å²) in [6.07, 6.45) is 3.68. The molecule has 1 aromatic carbocycles. The van der Waals surface area contributed by atoms with Gasteiger partial charge < -0.3 is 4.52 Å². The van der Waals surface area contributed by atoms with Crippen LogP contribution in [0.1, 0.15) is 23.2 Å². The number of rotatable bonds is 2. The molecule has 0 saturated heterocycles. The first kappa shape index (κ1) is 9.97. The summed E-state index contributed by atoms with van der Waals surface area (Å²) in [7, 11) is 0. The maximum Gasteiger partial charge on any atom is 0.167 e. The van der Waals surface area contributed by atoms with Crippen molar-refractivity contribution in [2.24, 2.45) is 0 Å². The fourth-order valence-electron chi connectivity index (χ4n) is 2.25. The fourth-order valence-corrected chi connectivity index (χ4v) is 2.40. The highest BCUT2D eigenvalue weighted by molar-refractivity contribution is 7.79. The lowest BCUT2D eigenvalue weighted by Gasteiger charge is -2.00. The molecule has 0 aliphatic heterocycles. The van der Waals surface area contributed by atoms with Gasteiger partial charge in [-0.05, 0) is 36.5 Å². The van der Waals surface area contributed by atoms with Crippen molar-refractivity contribution in [3.63, 3.8) is 0 Å². The lowest BCUT2D eigenvalue weighted by Crippen LogP contribution is -1.83. The lowest BCUT2D eigenvalue weighted by molar-refractivity contribution is 0.426. The Morgan fingerprint density at radius 1 is 1.19 bits per heavy atom. The van der Waals surface area contributed by atoms with Crippen LogP contribution in [0.15, 0.2) is 28.8 Å². The van der Waals surface area contributed by atoms with E-state index in [1.165, 1.54) is 30.4 Å².